The van der Waals surface area contributed by atoms with Gasteiger partial charge in [-0.3, -0.25) is 4.68 Å². The van der Waals surface area contributed by atoms with E-state index in [0.29, 0.717) is 12.4 Å². The fraction of sp³-hybridized carbons (Fsp3) is 0.353. The molecule has 0 aliphatic rings. The maximum absolute atomic E-state index is 10.1. The lowest BCUT2D eigenvalue weighted by atomic mass is 10.1. The Hall–Kier alpha value is -2.51. The second-order valence-electron chi connectivity index (χ2n) is 5.65. The van der Waals surface area contributed by atoms with Crippen molar-refractivity contribution in [1.29, 1.82) is 0 Å². The Morgan fingerprint density at radius 3 is 2.83 bits per heavy atom. The van der Waals surface area contributed by atoms with Crippen LogP contribution < -0.4 is 5.32 Å². The smallest absolute Gasteiger partial charge is 0.163 e. The molecule has 0 fully saturated rings. The van der Waals surface area contributed by atoms with Gasteiger partial charge >= 0.3 is 0 Å². The van der Waals surface area contributed by atoms with Gasteiger partial charge in [0.1, 0.15) is 12.1 Å². The van der Waals surface area contributed by atoms with Gasteiger partial charge in [0.25, 0.3) is 0 Å². The van der Waals surface area contributed by atoms with Crippen LogP contribution in [0.3, 0.4) is 0 Å². The Balaban J connectivity index is 1.53. The highest BCUT2D eigenvalue weighted by Crippen LogP contribution is 2.18. The van der Waals surface area contributed by atoms with Crippen molar-refractivity contribution < 1.29 is 9.84 Å². The van der Waals surface area contributed by atoms with Gasteiger partial charge in [-0.2, -0.15) is 5.10 Å². The third kappa shape index (κ3) is 3.69. The summed E-state index contributed by atoms with van der Waals surface area (Å²) >= 11 is 0. The van der Waals surface area contributed by atoms with E-state index < -0.39 is 6.10 Å². The molecule has 0 saturated carbocycles. The first-order chi connectivity index (χ1) is 11.6. The van der Waals surface area contributed by atoms with Gasteiger partial charge in [-0.1, -0.05) is 30.3 Å². The van der Waals surface area contributed by atoms with Crippen LogP contribution in [0.5, 0.6) is 0 Å². The van der Waals surface area contributed by atoms with Crippen LogP contribution in [0.2, 0.25) is 0 Å². The number of nitrogens with zero attached hydrogens (tertiary/aromatic N) is 4. The summed E-state index contributed by atoms with van der Waals surface area (Å²) in [5.74, 6) is 0.656. The van der Waals surface area contributed by atoms with E-state index in [1.54, 1.807) is 10.9 Å². The quantitative estimate of drug-likeness (QED) is 0.689. The Morgan fingerprint density at radius 1 is 1.25 bits per heavy atom. The molecule has 0 amide bonds. The number of rotatable bonds is 7. The van der Waals surface area contributed by atoms with E-state index in [-0.39, 0.29) is 12.7 Å². The standard InChI is InChI=1S/C17H21N5O2/c1-12(13-6-4-3-5-7-13)24-10-14(23)8-18-16-15-9-21-22(2)17(15)20-11-19-16/h3-7,9,11-12,14,23H,8,10H2,1-2H3,(H,18,19,20). The van der Waals surface area contributed by atoms with E-state index in [4.69, 9.17) is 4.74 Å². The highest BCUT2D eigenvalue weighted by atomic mass is 16.5. The zero-order valence-electron chi connectivity index (χ0n) is 13.8. The molecule has 1 aromatic carbocycles. The molecule has 3 rings (SSSR count). The van der Waals surface area contributed by atoms with Crippen LogP contribution in [0, 0.1) is 0 Å². The largest absolute Gasteiger partial charge is 0.389 e. The number of aromatic nitrogens is 4. The number of aliphatic hydroxyl groups excluding tert-OH is 1. The van der Waals surface area contributed by atoms with Gasteiger partial charge < -0.3 is 15.2 Å². The molecule has 3 aromatic rings. The van der Waals surface area contributed by atoms with Crippen LogP contribution in [0.1, 0.15) is 18.6 Å². The minimum absolute atomic E-state index is 0.0649. The Bertz CT molecular complexity index is 790. The summed E-state index contributed by atoms with van der Waals surface area (Å²) in [6.07, 6.45) is 2.48. The van der Waals surface area contributed by atoms with E-state index in [9.17, 15) is 5.11 Å². The molecule has 126 valence electrons. The molecule has 2 aromatic heterocycles. The lowest BCUT2D eigenvalue weighted by Crippen LogP contribution is -2.26. The fourth-order valence-corrected chi connectivity index (χ4v) is 2.45. The molecule has 2 unspecified atom stereocenters. The van der Waals surface area contributed by atoms with Crippen molar-refractivity contribution in [1.82, 2.24) is 19.7 Å². The van der Waals surface area contributed by atoms with Crippen molar-refractivity contribution in [2.45, 2.75) is 19.1 Å². The lowest BCUT2D eigenvalue weighted by Gasteiger charge is -2.17. The summed E-state index contributed by atoms with van der Waals surface area (Å²) in [5.41, 5.74) is 1.83. The molecule has 7 heteroatoms. The van der Waals surface area contributed by atoms with Crippen LogP contribution in [-0.2, 0) is 11.8 Å². The predicted molar refractivity (Wildman–Crippen MR) is 91.6 cm³/mol. The average Bonchev–Trinajstić information content (AvgIpc) is 3.00. The van der Waals surface area contributed by atoms with Gasteiger partial charge in [0.15, 0.2) is 5.65 Å². The Kier molecular flexibility index (Phi) is 5.02. The average molecular weight is 327 g/mol. The summed E-state index contributed by atoms with van der Waals surface area (Å²) in [7, 11) is 1.83. The Morgan fingerprint density at radius 2 is 2.04 bits per heavy atom. The molecule has 0 radical (unpaired) electrons. The second kappa shape index (κ2) is 7.37. The van der Waals surface area contributed by atoms with Crippen molar-refractivity contribution in [3.05, 3.63) is 48.4 Å². The SMILES string of the molecule is CC(OCC(O)CNc1ncnc2c1cnn2C)c1ccccc1. The van der Waals surface area contributed by atoms with Crippen molar-refractivity contribution in [3.63, 3.8) is 0 Å². The molecule has 7 nitrogen and oxygen atoms in total. The van der Waals surface area contributed by atoms with Gasteiger partial charge in [-0.05, 0) is 12.5 Å². The molecular formula is C17H21N5O2. The topological polar surface area (TPSA) is 85.1 Å². The number of aryl methyl sites for hydroxylation is 1. The van der Waals surface area contributed by atoms with E-state index in [0.717, 1.165) is 16.6 Å². The molecule has 2 N–H and O–H groups in total. The number of benzene rings is 1. The molecule has 0 aliphatic heterocycles. The summed E-state index contributed by atoms with van der Waals surface area (Å²) < 4.78 is 7.41. The third-order valence-corrected chi connectivity index (χ3v) is 3.84. The van der Waals surface area contributed by atoms with Gasteiger partial charge in [0.05, 0.1) is 30.4 Å². The highest BCUT2D eigenvalue weighted by Gasteiger charge is 2.12. The fourth-order valence-electron chi connectivity index (χ4n) is 2.45. The minimum atomic E-state index is -0.641. The highest BCUT2D eigenvalue weighted by molar-refractivity contribution is 5.85. The van der Waals surface area contributed by atoms with E-state index >= 15 is 0 Å². The van der Waals surface area contributed by atoms with Crippen LogP contribution in [0.4, 0.5) is 5.82 Å². The van der Waals surface area contributed by atoms with E-state index in [2.05, 4.69) is 20.4 Å². The summed E-state index contributed by atoms with van der Waals surface area (Å²) in [4.78, 5) is 8.39. The summed E-state index contributed by atoms with van der Waals surface area (Å²) in [6.45, 7) is 2.55. The third-order valence-electron chi connectivity index (χ3n) is 3.84. The number of fused-ring (bicyclic) bond motifs is 1. The van der Waals surface area contributed by atoms with Crippen LogP contribution in [0.25, 0.3) is 11.0 Å². The van der Waals surface area contributed by atoms with Gasteiger partial charge in [0, 0.05) is 13.6 Å². The van der Waals surface area contributed by atoms with Crippen LogP contribution in [-0.4, -0.2) is 44.1 Å². The number of ether oxygens (including phenoxy) is 1. The first kappa shape index (κ1) is 16.4. The molecule has 0 saturated heterocycles. The van der Waals surface area contributed by atoms with E-state index in [1.807, 2.05) is 44.3 Å². The predicted octanol–water partition coefficient (Wildman–Crippen LogP) is 1.91. The lowest BCUT2D eigenvalue weighted by molar-refractivity contribution is 0.00242. The normalized spacial score (nSPS) is 13.8. The zero-order valence-corrected chi connectivity index (χ0v) is 13.8. The summed E-state index contributed by atoms with van der Waals surface area (Å²) in [6, 6.07) is 9.93. The summed E-state index contributed by atoms with van der Waals surface area (Å²) in [5, 5.41) is 18.3. The first-order valence-corrected chi connectivity index (χ1v) is 7.86. The number of hydrogen-bond donors (Lipinski definition) is 2. The molecule has 2 heterocycles. The van der Waals surface area contributed by atoms with Gasteiger partial charge in [-0.25, -0.2) is 9.97 Å². The monoisotopic (exact) mass is 327 g/mol. The first-order valence-electron chi connectivity index (χ1n) is 7.86. The molecular weight excluding hydrogens is 306 g/mol. The molecule has 24 heavy (non-hydrogen) atoms. The van der Waals surface area contributed by atoms with Crippen molar-refractivity contribution >= 4 is 16.9 Å². The number of nitrogens with one attached hydrogen (secondary N) is 1. The van der Waals surface area contributed by atoms with E-state index in [1.165, 1.54) is 6.33 Å². The van der Waals surface area contributed by atoms with Gasteiger partial charge in [0.2, 0.25) is 0 Å². The molecule has 0 bridgehead atoms. The maximum atomic E-state index is 10.1. The number of aliphatic hydroxyl groups is 1. The van der Waals surface area contributed by atoms with Crippen molar-refractivity contribution in [3.8, 4) is 0 Å². The van der Waals surface area contributed by atoms with Crippen LogP contribution >= 0.6 is 0 Å². The zero-order chi connectivity index (χ0) is 16.9. The van der Waals surface area contributed by atoms with Crippen LogP contribution in [0.15, 0.2) is 42.9 Å². The van der Waals surface area contributed by atoms with Crippen molar-refractivity contribution in [2.24, 2.45) is 7.05 Å². The van der Waals surface area contributed by atoms with Gasteiger partial charge in [-0.15, -0.1) is 0 Å². The molecule has 0 spiro atoms. The minimum Gasteiger partial charge on any atom is -0.389 e. The molecule has 0 aliphatic carbocycles. The second-order valence-corrected chi connectivity index (χ2v) is 5.65. The molecule has 2 atom stereocenters. The number of anilines is 1. The van der Waals surface area contributed by atoms with Crippen molar-refractivity contribution in [2.75, 3.05) is 18.5 Å². The number of hydrogen-bond acceptors (Lipinski definition) is 6. The Labute approximate surface area is 140 Å². The maximum Gasteiger partial charge on any atom is 0.163 e.